The largest absolute Gasteiger partial charge is 0.369 e. The second kappa shape index (κ2) is 6.67. The Morgan fingerprint density at radius 1 is 1.12 bits per heavy atom. The summed E-state index contributed by atoms with van der Waals surface area (Å²) in [6.45, 7) is 6.29. The highest BCUT2D eigenvalue weighted by Gasteiger charge is 2.25. The number of rotatable bonds is 4. The average Bonchev–Trinajstić information content (AvgIpc) is 2.80. The maximum absolute atomic E-state index is 13.7. The lowest BCUT2D eigenvalue weighted by molar-refractivity contribution is -0.117. The van der Waals surface area contributed by atoms with Crippen LogP contribution in [0.1, 0.15) is 55.4 Å². The van der Waals surface area contributed by atoms with Crippen LogP contribution in [-0.4, -0.2) is 5.91 Å². The molecule has 0 aromatic heterocycles. The van der Waals surface area contributed by atoms with Gasteiger partial charge in [-0.05, 0) is 70.0 Å². The molecule has 0 spiro atoms. The number of amides is 1. The number of carbonyl (C=O) groups excluding carboxylic acids is 1. The zero-order valence-corrected chi connectivity index (χ0v) is 14.8. The third-order valence-electron chi connectivity index (χ3n) is 4.72. The molecule has 0 heterocycles. The number of primary amides is 1. The predicted octanol–water partition coefficient (Wildman–Crippen LogP) is 5.15. The van der Waals surface area contributed by atoms with Crippen molar-refractivity contribution in [3.63, 3.8) is 0 Å². The summed E-state index contributed by atoms with van der Waals surface area (Å²) in [6.07, 6.45) is 2.20. The smallest absolute Gasteiger partial charge is 0.221 e. The number of hydrogen-bond acceptors (Lipinski definition) is 1. The molecule has 0 aliphatic heterocycles. The first kappa shape index (κ1) is 17.2. The SMILES string of the molecule is CC1=C(CC(N)=O)c2cc(F)ccc2/C1=C\c1ccc(C(C)C)cc1. The quantitative estimate of drug-likeness (QED) is 0.825. The van der Waals surface area contributed by atoms with E-state index in [1.54, 1.807) is 6.07 Å². The summed E-state index contributed by atoms with van der Waals surface area (Å²) in [5.74, 6) is -0.233. The third-order valence-corrected chi connectivity index (χ3v) is 4.72. The van der Waals surface area contributed by atoms with E-state index in [2.05, 4.69) is 44.2 Å². The molecular weight excluding hydrogens is 313 g/mol. The molecule has 2 aromatic carbocycles. The molecular formula is C22H22FNO. The summed E-state index contributed by atoms with van der Waals surface area (Å²) in [5.41, 5.74) is 12.3. The van der Waals surface area contributed by atoms with E-state index < -0.39 is 5.91 Å². The first-order chi connectivity index (χ1) is 11.9. The molecule has 25 heavy (non-hydrogen) atoms. The number of hydrogen-bond donors (Lipinski definition) is 1. The summed E-state index contributed by atoms with van der Waals surface area (Å²) >= 11 is 0. The van der Waals surface area contributed by atoms with Gasteiger partial charge in [0.1, 0.15) is 5.82 Å². The van der Waals surface area contributed by atoms with Crippen LogP contribution in [-0.2, 0) is 4.79 Å². The molecule has 3 heteroatoms. The normalized spacial score (nSPS) is 15.2. The molecule has 1 amide bonds. The van der Waals surface area contributed by atoms with E-state index >= 15 is 0 Å². The minimum Gasteiger partial charge on any atom is -0.369 e. The van der Waals surface area contributed by atoms with Crippen molar-refractivity contribution in [3.05, 3.63) is 76.1 Å². The van der Waals surface area contributed by atoms with Gasteiger partial charge < -0.3 is 5.73 Å². The number of fused-ring (bicyclic) bond motifs is 1. The van der Waals surface area contributed by atoms with Gasteiger partial charge >= 0.3 is 0 Å². The summed E-state index contributed by atoms with van der Waals surface area (Å²) < 4.78 is 13.7. The van der Waals surface area contributed by atoms with Gasteiger partial charge in [0.05, 0.1) is 6.42 Å². The fourth-order valence-electron chi connectivity index (χ4n) is 3.30. The number of nitrogens with two attached hydrogens (primary N) is 1. The van der Waals surface area contributed by atoms with Crippen molar-refractivity contribution in [1.82, 2.24) is 0 Å². The maximum Gasteiger partial charge on any atom is 0.221 e. The van der Waals surface area contributed by atoms with Crippen LogP contribution < -0.4 is 5.73 Å². The van der Waals surface area contributed by atoms with Crippen molar-refractivity contribution in [2.75, 3.05) is 0 Å². The molecule has 1 aliphatic carbocycles. The van der Waals surface area contributed by atoms with Crippen molar-refractivity contribution in [3.8, 4) is 0 Å². The van der Waals surface area contributed by atoms with Gasteiger partial charge in [0.2, 0.25) is 5.91 Å². The maximum atomic E-state index is 13.7. The van der Waals surface area contributed by atoms with E-state index in [0.717, 1.165) is 33.4 Å². The first-order valence-corrected chi connectivity index (χ1v) is 8.47. The Morgan fingerprint density at radius 2 is 1.80 bits per heavy atom. The van der Waals surface area contributed by atoms with E-state index in [1.165, 1.54) is 17.7 Å². The Labute approximate surface area is 147 Å². The van der Waals surface area contributed by atoms with Gasteiger partial charge in [-0.3, -0.25) is 4.79 Å². The Balaban J connectivity index is 2.09. The van der Waals surface area contributed by atoms with Gasteiger partial charge in [0.25, 0.3) is 0 Å². The second-order valence-corrected chi connectivity index (χ2v) is 6.82. The van der Waals surface area contributed by atoms with Crippen molar-refractivity contribution in [2.45, 2.75) is 33.1 Å². The van der Waals surface area contributed by atoms with Crippen molar-refractivity contribution >= 4 is 23.1 Å². The molecule has 2 nitrogen and oxygen atoms in total. The van der Waals surface area contributed by atoms with E-state index in [1.807, 2.05) is 6.92 Å². The van der Waals surface area contributed by atoms with Crippen molar-refractivity contribution < 1.29 is 9.18 Å². The van der Waals surface area contributed by atoms with Gasteiger partial charge in [-0.15, -0.1) is 0 Å². The van der Waals surface area contributed by atoms with Gasteiger partial charge in [-0.2, -0.15) is 0 Å². The number of halogens is 1. The molecule has 128 valence electrons. The Hall–Kier alpha value is -2.68. The highest BCUT2D eigenvalue weighted by Crippen LogP contribution is 2.43. The standard InChI is InChI=1S/C22H22FNO/c1-13(2)16-6-4-15(5-7-16)10-19-14(3)20(12-22(24)25)21-11-17(23)8-9-18(19)21/h4-11,13H,12H2,1-3H3,(H2,24,25)/b19-10-. The molecule has 0 unspecified atom stereocenters. The lowest BCUT2D eigenvalue weighted by Crippen LogP contribution is -2.10. The lowest BCUT2D eigenvalue weighted by atomic mass is 9.98. The number of carbonyl (C=O) groups is 1. The zero-order valence-electron chi connectivity index (χ0n) is 14.8. The lowest BCUT2D eigenvalue weighted by Gasteiger charge is -2.07. The van der Waals surface area contributed by atoms with E-state index in [-0.39, 0.29) is 12.2 Å². The predicted molar refractivity (Wildman–Crippen MR) is 101 cm³/mol. The van der Waals surface area contributed by atoms with Crippen LogP contribution >= 0.6 is 0 Å². The van der Waals surface area contributed by atoms with Gasteiger partial charge in [0, 0.05) is 0 Å². The average molecular weight is 335 g/mol. The molecule has 2 aromatic rings. The minimum absolute atomic E-state index is 0.117. The minimum atomic E-state index is -0.410. The topological polar surface area (TPSA) is 43.1 Å². The fraction of sp³-hybridized carbons (Fsp3) is 0.227. The summed E-state index contributed by atoms with van der Waals surface area (Å²) in [5, 5.41) is 0. The molecule has 0 saturated carbocycles. The Kier molecular flexibility index (Phi) is 4.58. The van der Waals surface area contributed by atoms with Crippen LogP contribution in [0, 0.1) is 5.82 Å². The first-order valence-electron chi connectivity index (χ1n) is 8.47. The molecule has 0 fully saturated rings. The summed E-state index contributed by atoms with van der Waals surface area (Å²) in [6, 6.07) is 13.1. The highest BCUT2D eigenvalue weighted by molar-refractivity contribution is 6.08. The summed E-state index contributed by atoms with van der Waals surface area (Å²) in [4.78, 5) is 11.4. The van der Waals surface area contributed by atoms with E-state index in [0.29, 0.717) is 5.92 Å². The van der Waals surface area contributed by atoms with E-state index in [9.17, 15) is 9.18 Å². The van der Waals surface area contributed by atoms with Crippen LogP contribution in [0.4, 0.5) is 4.39 Å². The molecule has 0 saturated heterocycles. The van der Waals surface area contributed by atoms with Crippen LogP contribution in [0.15, 0.2) is 48.0 Å². The van der Waals surface area contributed by atoms with Crippen molar-refractivity contribution in [2.24, 2.45) is 5.73 Å². The molecule has 0 radical (unpaired) electrons. The second-order valence-electron chi connectivity index (χ2n) is 6.82. The zero-order chi connectivity index (χ0) is 18.1. The van der Waals surface area contributed by atoms with Crippen LogP contribution in [0.5, 0.6) is 0 Å². The van der Waals surface area contributed by atoms with Gasteiger partial charge in [-0.25, -0.2) is 4.39 Å². The van der Waals surface area contributed by atoms with Crippen molar-refractivity contribution in [1.29, 1.82) is 0 Å². The molecule has 2 N–H and O–H groups in total. The van der Waals surface area contributed by atoms with Gasteiger partial charge in [0.15, 0.2) is 0 Å². The third kappa shape index (κ3) is 3.41. The van der Waals surface area contributed by atoms with Gasteiger partial charge in [-0.1, -0.05) is 44.2 Å². The molecule has 1 aliphatic rings. The summed E-state index contributed by atoms with van der Waals surface area (Å²) in [7, 11) is 0. The fourth-order valence-corrected chi connectivity index (χ4v) is 3.30. The highest BCUT2D eigenvalue weighted by atomic mass is 19.1. The molecule has 3 rings (SSSR count). The molecule has 0 atom stereocenters. The Morgan fingerprint density at radius 3 is 2.40 bits per heavy atom. The Bertz CT molecular complexity index is 889. The molecule has 0 bridgehead atoms. The van der Waals surface area contributed by atoms with Crippen LogP contribution in [0.25, 0.3) is 17.2 Å². The van der Waals surface area contributed by atoms with E-state index in [4.69, 9.17) is 5.73 Å². The number of allylic oxidation sites excluding steroid dienone is 2. The monoisotopic (exact) mass is 335 g/mol. The number of benzene rings is 2. The van der Waals surface area contributed by atoms with Crippen LogP contribution in [0.2, 0.25) is 0 Å². The van der Waals surface area contributed by atoms with Crippen LogP contribution in [0.3, 0.4) is 0 Å².